The van der Waals surface area contributed by atoms with Crippen molar-refractivity contribution in [1.82, 2.24) is 19.4 Å². The van der Waals surface area contributed by atoms with Gasteiger partial charge in [-0.25, -0.2) is 4.79 Å². The van der Waals surface area contributed by atoms with Crippen LogP contribution in [0.25, 0.3) is 10.9 Å². The molecular weight excluding hydrogens is 460 g/mol. The van der Waals surface area contributed by atoms with E-state index in [9.17, 15) is 14.4 Å². The van der Waals surface area contributed by atoms with E-state index in [-0.39, 0.29) is 17.2 Å². The zero-order valence-corrected chi connectivity index (χ0v) is 20.6. The maximum absolute atomic E-state index is 13.8. The van der Waals surface area contributed by atoms with Gasteiger partial charge in [0.25, 0.3) is 11.5 Å². The maximum atomic E-state index is 13.8. The quantitative estimate of drug-likeness (QED) is 0.507. The van der Waals surface area contributed by atoms with E-state index in [1.165, 1.54) is 20.3 Å². The summed E-state index contributed by atoms with van der Waals surface area (Å²) in [5, 5.41) is 1.10. The summed E-state index contributed by atoms with van der Waals surface area (Å²) in [5.41, 5.74) is 2.92. The highest BCUT2D eigenvalue weighted by atomic mass is 16.5. The van der Waals surface area contributed by atoms with Crippen LogP contribution < -0.4 is 10.3 Å². The fourth-order valence-electron chi connectivity index (χ4n) is 5.35. The summed E-state index contributed by atoms with van der Waals surface area (Å²) >= 11 is 0. The van der Waals surface area contributed by atoms with Crippen LogP contribution in [0.1, 0.15) is 34.5 Å². The highest BCUT2D eigenvalue weighted by Gasteiger charge is 2.38. The number of aromatic nitrogens is 2. The average Bonchev–Trinajstić information content (AvgIpc) is 3.30. The number of fused-ring (bicyclic) bond motifs is 2. The van der Waals surface area contributed by atoms with E-state index >= 15 is 0 Å². The Balaban J connectivity index is 1.43. The molecule has 188 valence electrons. The lowest BCUT2D eigenvalue weighted by molar-refractivity contribution is -0.145. The molecule has 1 atom stereocenters. The Morgan fingerprint density at radius 3 is 2.75 bits per heavy atom. The van der Waals surface area contributed by atoms with E-state index in [4.69, 9.17) is 9.47 Å². The predicted molar refractivity (Wildman–Crippen MR) is 134 cm³/mol. The molecule has 5 rings (SSSR count). The molecule has 0 spiro atoms. The Morgan fingerprint density at radius 1 is 1.08 bits per heavy atom. The number of likely N-dealkylation sites (tertiary alicyclic amines) is 1. The van der Waals surface area contributed by atoms with Crippen LogP contribution in [-0.2, 0) is 29.0 Å². The van der Waals surface area contributed by atoms with Crippen molar-refractivity contribution in [3.63, 3.8) is 0 Å². The summed E-state index contributed by atoms with van der Waals surface area (Å²) in [7, 11) is 2.79. The molecule has 2 aliphatic rings. The number of pyridine rings is 2. The number of rotatable bonds is 5. The van der Waals surface area contributed by atoms with Crippen molar-refractivity contribution in [2.24, 2.45) is 0 Å². The molecule has 0 saturated carbocycles. The Hall–Kier alpha value is -3.72. The van der Waals surface area contributed by atoms with Gasteiger partial charge in [0.05, 0.1) is 19.7 Å². The number of hydrogen-bond acceptors (Lipinski definition) is 7. The second kappa shape index (κ2) is 10.1. The molecule has 1 fully saturated rings. The zero-order chi connectivity index (χ0) is 25.2. The van der Waals surface area contributed by atoms with Gasteiger partial charge in [0.1, 0.15) is 17.4 Å². The summed E-state index contributed by atoms with van der Waals surface area (Å²) in [5.74, 6) is -0.464. The fraction of sp³-hybridized carbons (Fsp3) is 0.407. The number of methoxy groups -OCH3 is 2. The zero-order valence-electron chi connectivity index (χ0n) is 20.6. The molecule has 4 heterocycles. The maximum Gasteiger partial charge on any atom is 0.328 e. The van der Waals surface area contributed by atoms with Gasteiger partial charge in [0.2, 0.25) is 0 Å². The number of carbonyl (C=O) groups excluding carboxylic acids is 2. The molecule has 1 amide bonds. The Labute approximate surface area is 209 Å². The number of hydrogen-bond donors (Lipinski definition) is 0. The molecule has 1 saturated heterocycles. The second-order valence-electron chi connectivity index (χ2n) is 9.26. The average molecular weight is 491 g/mol. The Kier molecular flexibility index (Phi) is 6.73. The van der Waals surface area contributed by atoms with Crippen molar-refractivity contribution in [2.45, 2.75) is 38.4 Å². The van der Waals surface area contributed by atoms with Crippen LogP contribution in [0.2, 0.25) is 0 Å². The first kappa shape index (κ1) is 24.0. The van der Waals surface area contributed by atoms with Crippen molar-refractivity contribution in [1.29, 1.82) is 0 Å². The molecule has 2 aliphatic heterocycles. The summed E-state index contributed by atoms with van der Waals surface area (Å²) in [6.45, 7) is 2.98. The largest absolute Gasteiger partial charge is 0.496 e. The lowest BCUT2D eigenvalue weighted by Crippen LogP contribution is -2.42. The van der Waals surface area contributed by atoms with E-state index in [2.05, 4.69) is 28.1 Å². The van der Waals surface area contributed by atoms with Crippen LogP contribution in [0.15, 0.2) is 47.4 Å². The molecule has 0 unspecified atom stereocenters. The standard InChI is InChI=1S/C27H30N4O5/c1-35-23-16-24(32)30-14-13-29(17-18-7-8-19-5-3-10-28-20(19)15-18)12-9-21(30)25(23)26(33)31-11-4-6-22(31)27(34)36-2/h3,5,7-8,10,15-16,22H,4,6,9,11-14,17H2,1-2H3/t22-/m0/s1. The highest BCUT2D eigenvalue weighted by molar-refractivity contribution is 6.00. The third kappa shape index (κ3) is 4.46. The molecule has 2 aromatic heterocycles. The van der Waals surface area contributed by atoms with Gasteiger partial charge in [0.15, 0.2) is 0 Å². The van der Waals surface area contributed by atoms with E-state index in [1.807, 2.05) is 12.1 Å². The van der Waals surface area contributed by atoms with Crippen LogP contribution >= 0.6 is 0 Å². The third-order valence-electron chi connectivity index (χ3n) is 7.18. The fourth-order valence-corrected chi connectivity index (χ4v) is 5.35. The molecule has 0 aliphatic carbocycles. The summed E-state index contributed by atoms with van der Waals surface area (Å²) < 4.78 is 12.1. The van der Waals surface area contributed by atoms with Gasteiger partial charge in [0, 0.05) is 62.5 Å². The number of esters is 1. The first-order valence-corrected chi connectivity index (χ1v) is 12.3. The lowest BCUT2D eigenvalue weighted by Gasteiger charge is -2.25. The molecule has 0 bridgehead atoms. The van der Waals surface area contributed by atoms with Gasteiger partial charge in [-0.1, -0.05) is 18.2 Å². The Morgan fingerprint density at radius 2 is 1.94 bits per heavy atom. The number of ether oxygens (including phenoxy) is 2. The van der Waals surface area contributed by atoms with Gasteiger partial charge >= 0.3 is 5.97 Å². The van der Waals surface area contributed by atoms with Crippen molar-refractivity contribution in [3.05, 3.63) is 69.8 Å². The monoisotopic (exact) mass is 490 g/mol. The van der Waals surface area contributed by atoms with E-state index in [1.54, 1.807) is 15.7 Å². The smallest absolute Gasteiger partial charge is 0.328 e. The van der Waals surface area contributed by atoms with Crippen molar-refractivity contribution in [3.8, 4) is 5.75 Å². The first-order chi connectivity index (χ1) is 17.5. The molecule has 3 aromatic rings. The normalized spacial score (nSPS) is 18.1. The number of carbonyl (C=O) groups is 2. The van der Waals surface area contributed by atoms with Crippen molar-refractivity contribution in [2.75, 3.05) is 33.9 Å². The van der Waals surface area contributed by atoms with Gasteiger partial charge in [-0.15, -0.1) is 0 Å². The number of nitrogens with zero attached hydrogens (tertiary/aromatic N) is 4. The summed E-state index contributed by atoms with van der Waals surface area (Å²) in [4.78, 5) is 47.3. The minimum atomic E-state index is -0.622. The van der Waals surface area contributed by atoms with Crippen molar-refractivity contribution < 1.29 is 19.1 Å². The topological polar surface area (TPSA) is 94.0 Å². The molecule has 0 N–H and O–H groups in total. The van der Waals surface area contributed by atoms with Gasteiger partial charge < -0.3 is 18.9 Å². The van der Waals surface area contributed by atoms with Gasteiger partial charge in [-0.2, -0.15) is 0 Å². The molecule has 9 nitrogen and oxygen atoms in total. The molecule has 9 heteroatoms. The molecule has 36 heavy (non-hydrogen) atoms. The predicted octanol–water partition coefficient (Wildman–Crippen LogP) is 2.24. The van der Waals surface area contributed by atoms with Crippen LogP contribution in [0, 0.1) is 0 Å². The third-order valence-corrected chi connectivity index (χ3v) is 7.18. The number of amides is 1. The molecule has 1 aromatic carbocycles. The minimum absolute atomic E-state index is 0.193. The van der Waals surface area contributed by atoms with E-state index in [0.29, 0.717) is 56.8 Å². The first-order valence-electron chi connectivity index (χ1n) is 12.3. The van der Waals surface area contributed by atoms with E-state index < -0.39 is 12.0 Å². The summed E-state index contributed by atoms with van der Waals surface area (Å²) in [6.07, 6.45) is 3.58. The van der Waals surface area contributed by atoms with Crippen LogP contribution in [0.4, 0.5) is 0 Å². The summed E-state index contributed by atoms with van der Waals surface area (Å²) in [6, 6.07) is 11.0. The van der Waals surface area contributed by atoms with Gasteiger partial charge in [-0.3, -0.25) is 19.5 Å². The Bertz CT molecular complexity index is 1370. The SMILES string of the molecule is COC(=O)[C@@H]1CCCN1C(=O)c1c(OC)cc(=O)n2c1CCN(Cc1ccc3cccnc3c1)CC2. The number of benzene rings is 1. The van der Waals surface area contributed by atoms with E-state index in [0.717, 1.165) is 22.9 Å². The van der Waals surface area contributed by atoms with Crippen molar-refractivity contribution >= 4 is 22.8 Å². The molecular formula is C27H30N4O5. The highest BCUT2D eigenvalue weighted by Crippen LogP contribution is 2.29. The second-order valence-corrected chi connectivity index (χ2v) is 9.26. The molecule has 0 radical (unpaired) electrons. The van der Waals surface area contributed by atoms with Gasteiger partial charge in [-0.05, 0) is 30.5 Å². The lowest BCUT2D eigenvalue weighted by atomic mass is 10.1. The van der Waals surface area contributed by atoms with Crippen LogP contribution in [-0.4, -0.2) is 71.1 Å². The minimum Gasteiger partial charge on any atom is -0.496 e. The van der Waals surface area contributed by atoms with Crippen LogP contribution in [0.3, 0.4) is 0 Å². The van der Waals surface area contributed by atoms with Crippen LogP contribution in [0.5, 0.6) is 5.75 Å².